The molecule has 0 N–H and O–H groups in total. The van der Waals surface area contributed by atoms with Gasteiger partial charge in [0.15, 0.2) is 0 Å². The van der Waals surface area contributed by atoms with Gasteiger partial charge in [-0.25, -0.2) is 4.98 Å². The Balaban J connectivity index is 1.70. The molecule has 0 spiro atoms. The second-order valence-corrected chi connectivity index (χ2v) is 6.81. The highest BCUT2D eigenvalue weighted by Gasteiger charge is 2.36. The molecule has 0 bridgehead atoms. The molecule has 1 aromatic heterocycles. The van der Waals surface area contributed by atoms with Crippen molar-refractivity contribution < 1.29 is 4.79 Å². The molecule has 0 unspecified atom stereocenters. The van der Waals surface area contributed by atoms with E-state index in [-0.39, 0.29) is 5.91 Å². The highest BCUT2D eigenvalue weighted by atomic mass is 16.2. The fourth-order valence-electron chi connectivity index (χ4n) is 3.98. The van der Waals surface area contributed by atoms with Crippen LogP contribution in [0, 0.1) is 6.92 Å². The van der Waals surface area contributed by atoms with Gasteiger partial charge in [-0.05, 0) is 46.5 Å². The first-order valence-corrected chi connectivity index (χ1v) is 8.41. The standard InChI is InChI=1S/C17H26N4O/c1-12-9-19-16(10-18-12)17(22)20-8-4-5-15(11-20)21-13(2)6-7-14(21)3/h9-10,13-15H,4-8,11H2,1-3H3/t13-,14+,15-/m1/s1. The van der Waals surface area contributed by atoms with Crippen molar-refractivity contribution in [2.45, 2.75) is 64.6 Å². The number of piperidine rings is 1. The maximum absolute atomic E-state index is 12.6. The molecule has 3 atom stereocenters. The maximum Gasteiger partial charge on any atom is 0.274 e. The molecule has 22 heavy (non-hydrogen) atoms. The van der Waals surface area contributed by atoms with E-state index in [0.29, 0.717) is 23.8 Å². The second-order valence-electron chi connectivity index (χ2n) is 6.81. The molecule has 1 amide bonds. The number of rotatable bonds is 2. The summed E-state index contributed by atoms with van der Waals surface area (Å²) in [6.07, 6.45) is 8.08. The predicted molar refractivity (Wildman–Crippen MR) is 85.7 cm³/mol. The topological polar surface area (TPSA) is 49.3 Å². The van der Waals surface area contributed by atoms with Crippen LogP contribution in [0.1, 0.15) is 55.7 Å². The normalized spacial score (nSPS) is 29.8. The molecule has 5 heteroatoms. The monoisotopic (exact) mass is 302 g/mol. The first-order valence-electron chi connectivity index (χ1n) is 8.41. The van der Waals surface area contributed by atoms with E-state index in [1.165, 1.54) is 19.3 Å². The number of carbonyl (C=O) groups excluding carboxylic acids is 1. The molecule has 2 aliphatic heterocycles. The molecule has 0 aromatic carbocycles. The summed E-state index contributed by atoms with van der Waals surface area (Å²) in [6.45, 7) is 8.17. The number of carbonyl (C=O) groups is 1. The molecular weight excluding hydrogens is 276 g/mol. The average molecular weight is 302 g/mol. The lowest BCUT2D eigenvalue weighted by Crippen LogP contribution is -2.52. The molecule has 120 valence electrons. The van der Waals surface area contributed by atoms with E-state index in [4.69, 9.17) is 0 Å². The fourth-order valence-corrected chi connectivity index (χ4v) is 3.98. The van der Waals surface area contributed by atoms with Crippen LogP contribution in [0.15, 0.2) is 12.4 Å². The van der Waals surface area contributed by atoms with Gasteiger partial charge in [0.1, 0.15) is 5.69 Å². The van der Waals surface area contributed by atoms with Gasteiger partial charge >= 0.3 is 0 Å². The quantitative estimate of drug-likeness (QED) is 0.841. The van der Waals surface area contributed by atoms with Gasteiger partial charge in [-0.2, -0.15) is 0 Å². The Hall–Kier alpha value is -1.49. The van der Waals surface area contributed by atoms with Crippen LogP contribution >= 0.6 is 0 Å². The Kier molecular flexibility index (Phi) is 4.43. The molecule has 0 saturated carbocycles. The van der Waals surface area contributed by atoms with Crippen molar-refractivity contribution in [3.8, 4) is 0 Å². The van der Waals surface area contributed by atoms with Gasteiger partial charge in [0, 0.05) is 37.4 Å². The van der Waals surface area contributed by atoms with E-state index in [1.54, 1.807) is 12.4 Å². The zero-order valence-electron chi connectivity index (χ0n) is 13.8. The van der Waals surface area contributed by atoms with Crippen molar-refractivity contribution in [3.63, 3.8) is 0 Å². The van der Waals surface area contributed by atoms with E-state index >= 15 is 0 Å². The van der Waals surface area contributed by atoms with E-state index in [9.17, 15) is 4.79 Å². The molecule has 2 fully saturated rings. The van der Waals surface area contributed by atoms with Gasteiger partial charge in [-0.3, -0.25) is 14.7 Å². The molecule has 5 nitrogen and oxygen atoms in total. The number of aryl methyl sites for hydroxylation is 1. The molecule has 3 rings (SSSR count). The summed E-state index contributed by atoms with van der Waals surface area (Å²) in [5, 5.41) is 0. The van der Waals surface area contributed by atoms with Crippen molar-refractivity contribution in [2.24, 2.45) is 0 Å². The van der Waals surface area contributed by atoms with Crippen LogP contribution < -0.4 is 0 Å². The molecule has 0 aliphatic carbocycles. The van der Waals surface area contributed by atoms with Gasteiger partial charge in [-0.15, -0.1) is 0 Å². The first kappa shape index (κ1) is 15.4. The van der Waals surface area contributed by atoms with Gasteiger partial charge in [0.05, 0.1) is 11.9 Å². The van der Waals surface area contributed by atoms with Crippen molar-refractivity contribution in [2.75, 3.05) is 13.1 Å². The summed E-state index contributed by atoms with van der Waals surface area (Å²) in [6, 6.07) is 1.76. The number of aromatic nitrogens is 2. The van der Waals surface area contributed by atoms with Crippen LogP contribution in [-0.4, -0.2) is 56.9 Å². The molecule has 3 heterocycles. The molecule has 0 radical (unpaired) electrons. The highest BCUT2D eigenvalue weighted by Crippen LogP contribution is 2.30. The van der Waals surface area contributed by atoms with Crippen LogP contribution in [0.5, 0.6) is 0 Å². The SMILES string of the molecule is Cc1cnc(C(=O)N2CCC[C@@H](N3[C@H](C)CC[C@@H]3C)C2)cn1. The summed E-state index contributed by atoms with van der Waals surface area (Å²) in [5.41, 5.74) is 1.31. The minimum atomic E-state index is 0.0247. The minimum absolute atomic E-state index is 0.0247. The number of likely N-dealkylation sites (tertiary alicyclic amines) is 2. The summed E-state index contributed by atoms with van der Waals surface area (Å²) in [5.74, 6) is 0.0247. The molecule has 1 aromatic rings. The summed E-state index contributed by atoms with van der Waals surface area (Å²) in [4.78, 5) is 25.7. The van der Waals surface area contributed by atoms with Crippen LogP contribution in [0.25, 0.3) is 0 Å². The zero-order valence-corrected chi connectivity index (χ0v) is 13.8. The lowest BCUT2D eigenvalue weighted by atomic mass is 10.0. The van der Waals surface area contributed by atoms with Crippen molar-refractivity contribution in [1.82, 2.24) is 19.8 Å². The van der Waals surface area contributed by atoms with E-state index in [0.717, 1.165) is 25.2 Å². The Bertz CT molecular complexity index is 520. The van der Waals surface area contributed by atoms with Crippen molar-refractivity contribution in [3.05, 3.63) is 23.8 Å². The smallest absolute Gasteiger partial charge is 0.274 e. The Morgan fingerprint density at radius 3 is 2.50 bits per heavy atom. The highest BCUT2D eigenvalue weighted by molar-refractivity contribution is 5.92. The summed E-state index contributed by atoms with van der Waals surface area (Å²) < 4.78 is 0. The average Bonchev–Trinajstić information content (AvgIpc) is 2.86. The van der Waals surface area contributed by atoms with Gasteiger partial charge in [-0.1, -0.05) is 0 Å². The maximum atomic E-state index is 12.6. The number of hydrogen-bond donors (Lipinski definition) is 0. The largest absolute Gasteiger partial charge is 0.336 e. The van der Waals surface area contributed by atoms with Crippen LogP contribution in [0.2, 0.25) is 0 Å². The summed E-state index contributed by atoms with van der Waals surface area (Å²) >= 11 is 0. The van der Waals surface area contributed by atoms with Crippen LogP contribution in [0.4, 0.5) is 0 Å². The predicted octanol–water partition coefficient (Wildman–Crippen LogP) is 2.26. The Morgan fingerprint density at radius 2 is 1.86 bits per heavy atom. The second kappa shape index (κ2) is 6.32. The first-order chi connectivity index (χ1) is 10.6. The third kappa shape index (κ3) is 3.00. The minimum Gasteiger partial charge on any atom is -0.336 e. The van der Waals surface area contributed by atoms with Gasteiger partial charge in [0.25, 0.3) is 5.91 Å². The van der Waals surface area contributed by atoms with E-state index in [1.807, 2.05) is 11.8 Å². The lowest BCUT2D eigenvalue weighted by molar-refractivity contribution is 0.0482. The van der Waals surface area contributed by atoms with Crippen LogP contribution in [-0.2, 0) is 0 Å². The van der Waals surface area contributed by atoms with E-state index < -0.39 is 0 Å². The summed E-state index contributed by atoms with van der Waals surface area (Å²) in [7, 11) is 0. The fraction of sp³-hybridized carbons (Fsp3) is 0.706. The van der Waals surface area contributed by atoms with Crippen LogP contribution in [0.3, 0.4) is 0 Å². The third-order valence-corrected chi connectivity index (χ3v) is 5.13. The molecular formula is C17H26N4O. The van der Waals surface area contributed by atoms with Crippen molar-refractivity contribution >= 4 is 5.91 Å². The molecule has 2 saturated heterocycles. The Labute approximate surface area is 132 Å². The lowest BCUT2D eigenvalue weighted by Gasteiger charge is -2.41. The Morgan fingerprint density at radius 1 is 1.14 bits per heavy atom. The van der Waals surface area contributed by atoms with Crippen molar-refractivity contribution in [1.29, 1.82) is 0 Å². The molecule has 2 aliphatic rings. The third-order valence-electron chi connectivity index (χ3n) is 5.13. The van der Waals surface area contributed by atoms with E-state index in [2.05, 4.69) is 28.7 Å². The van der Waals surface area contributed by atoms with Gasteiger partial charge in [0.2, 0.25) is 0 Å². The number of amides is 1. The zero-order chi connectivity index (χ0) is 15.7. The number of nitrogens with zero attached hydrogens (tertiary/aromatic N) is 4. The number of hydrogen-bond acceptors (Lipinski definition) is 4. The van der Waals surface area contributed by atoms with Gasteiger partial charge < -0.3 is 4.90 Å².